The van der Waals surface area contributed by atoms with Crippen LogP contribution >= 0.6 is 0 Å². The van der Waals surface area contributed by atoms with Crippen molar-refractivity contribution in [3.05, 3.63) is 12.4 Å². The van der Waals surface area contributed by atoms with Crippen molar-refractivity contribution in [2.45, 2.75) is 26.4 Å². The first-order valence-corrected chi connectivity index (χ1v) is 3.90. The van der Waals surface area contributed by atoms with Crippen LogP contribution in [0.25, 0.3) is 0 Å². The molecule has 1 amide bonds. The molecular weight excluding hydrogens is 168 g/mol. The number of amides is 1. The Morgan fingerprint density at radius 1 is 1.46 bits per heavy atom. The lowest BCUT2D eigenvalue weighted by Gasteiger charge is -2.24. The van der Waals surface area contributed by atoms with E-state index in [4.69, 9.17) is 4.74 Å². The summed E-state index contributed by atoms with van der Waals surface area (Å²) in [6, 6.07) is 0. The molecule has 0 saturated heterocycles. The number of rotatable bonds is 2. The molecule has 0 aromatic rings. The van der Waals surface area contributed by atoms with E-state index < -0.39 is 11.7 Å². The minimum Gasteiger partial charge on any atom is -0.443 e. The van der Waals surface area contributed by atoms with Crippen molar-refractivity contribution in [2.75, 3.05) is 7.05 Å². The van der Waals surface area contributed by atoms with E-state index in [1.54, 1.807) is 20.8 Å². The molecule has 0 bridgehead atoms. The number of hydrogen-bond acceptors (Lipinski definition) is 3. The van der Waals surface area contributed by atoms with Crippen LogP contribution in [0.4, 0.5) is 4.79 Å². The molecule has 0 spiro atoms. The molecule has 4 heteroatoms. The molecule has 0 N–H and O–H groups in total. The number of carbonyl (C=O) groups excluding carboxylic acids is 1. The third-order valence-corrected chi connectivity index (χ3v) is 1.24. The molecule has 0 atom stereocenters. The van der Waals surface area contributed by atoms with E-state index in [-0.39, 0.29) is 5.82 Å². The molecule has 0 heterocycles. The minimum atomic E-state index is -0.507. The molecule has 0 aliphatic rings. The second kappa shape index (κ2) is 4.07. The van der Waals surface area contributed by atoms with E-state index in [9.17, 15) is 4.79 Å². The van der Waals surface area contributed by atoms with Gasteiger partial charge < -0.3 is 4.74 Å². The molecule has 0 aliphatic carbocycles. The second-order valence-corrected chi connectivity index (χ2v) is 3.61. The van der Waals surface area contributed by atoms with Gasteiger partial charge >= 0.3 is 6.09 Å². The lowest BCUT2D eigenvalue weighted by atomic mass is 10.2. The van der Waals surface area contributed by atoms with Crippen LogP contribution in [0.3, 0.4) is 0 Å². The standard InChI is InChI=1S/C9H16N2O2/c1-7(10-5)11(6)8(12)13-9(2,3)4/h1,5H2,2-4,6H3. The fourth-order valence-electron chi connectivity index (χ4n) is 0.542. The van der Waals surface area contributed by atoms with E-state index in [1.165, 1.54) is 11.9 Å². The maximum atomic E-state index is 11.3. The first kappa shape index (κ1) is 11.7. The van der Waals surface area contributed by atoms with Gasteiger partial charge in [0.15, 0.2) is 0 Å². The molecule has 0 aromatic heterocycles. The number of nitrogens with zero attached hydrogens (tertiary/aromatic N) is 2. The summed E-state index contributed by atoms with van der Waals surface area (Å²) in [7, 11) is 1.53. The van der Waals surface area contributed by atoms with Gasteiger partial charge in [-0.05, 0) is 27.5 Å². The van der Waals surface area contributed by atoms with Crippen molar-refractivity contribution < 1.29 is 9.53 Å². The molecule has 0 aromatic carbocycles. The summed E-state index contributed by atoms with van der Waals surface area (Å²) in [5.41, 5.74) is -0.507. The largest absolute Gasteiger partial charge is 0.443 e. The third kappa shape index (κ3) is 4.30. The SMILES string of the molecule is C=NC(=C)N(C)C(=O)OC(C)(C)C. The van der Waals surface area contributed by atoms with Gasteiger partial charge in [0.2, 0.25) is 0 Å². The van der Waals surface area contributed by atoms with Gasteiger partial charge in [0.1, 0.15) is 11.4 Å². The zero-order valence-electron chi connectivity index (χ0n) is 8.63. The molecule has 0 radical (unpaired) electrons. The highest BCUT2D eigenvalue weighted by Crippen LogP contribution is 2.11. The quantitative estimate of drug-likeness (QED) is 0.616. The molecule has 0 saturated carbocycles. The first-order valence-electron chi connectivity index (χ1n) is 3.90. The number of hydrogen-bond donors (Lipinski definition) is 0. The normalized spacial score (nSPS) is 10.5. The highest BCUT2D eigenvalue weighted by Gasteiger charge is 2.20. The number of ether oxygens (including phenoxy) is 1. The van der Waals surface area contributed by atoms with E-state index in [0.717, 1.165) is 0 Å². The van der Waals surface area contributed by atoms with Gasteiger partial charge in [0.05, 0.1) is 0 Å². The highest BCUT2D eigenvalue weighted by atomic mass is 16.6. The molecule has 13 heavy (non-hydrogen) atoms. The fraction of sp³-hybridized carbons (Fsp3) is 0.556. The molecule has 0 fully saturated rings. The van der Waals surface area contributed by atoms with E-state index in [1.807, 2.05) is 0 Å². The topological polar surface area (TPSA) is 41.9 Å². The van der Waals surface area contributed by atoms with Gasteiger partial charge in [-0.25, -0.2) is 9.79 Å². The van der Waals surface area contributed by atoms with Crippen LogP contribution in [0.1, 0.15) is 20.8 Å². The zero-order chi connectivity index (χ0) is 10.6. The highest BCUT2D eigenvalue weighted by molar-refractivity contribution is 5.70. The summed E-state index contributed by atoms with van der Waals surface area (Å²) in [4.78, 5) is 16.0. The summed E-state index contributed by atoms with van der Waals surface area (Å²) in [5, 5.41) is 0. The van der Waals surface area contributed by atoms with Crippen LogP contribution < -0.4 is 0 Å². The Morgan fingerprint density at radius 3 is 2.23 bits per heavy atom. The van der Waals surface area contributed by atoms with Crippen LogP contribution in [0.5, 0.6) is 0 Å². The van der Waals surface area contributed by atoms with E-state index in [0.29, 0.717) is 0 Å². The predicted octanol–water partition coefficient (Wildman–Crippen LogP) is 2.03. The van der Waals surface area contributed by atoms with Crippen molar-refractivity contribution in [3.8, 4) is 0 Å². The summed E-state index contributed by atoms with van der Waals surface area (Å²) in [5.74, 6) is 0.272. The van der Waals surface area contributed by atoms with Crippen LogP contribution in [0, 0.1) is 0 Å². The van der Waals surface area contributed by atoms with Gasteiger partial charge in [0, 0.05) is 7.05 Å². The van der Waals surface area contributed by atoms with Crippen molar-refractivity contribution in [1.29, 1.82) is 0 Å². The lowest BCUT2D eigenvalue weighted by Crippen LogP contribution is -2.33. The zero-order valence-corrected chi connectivity index (χ0v) is 8.63. The molecule has 4 nitrogen and oxygen atoms in total. The van der Waals surface area contributed by atoms with Crippen molar-refractivity contribution >= 4 is 12.8 Å². The summed E-state index contributed by atoms with van der Waals surface area (Å²) in [6.07, 6.45) is -0.482. The number of carbonyl (C=O) groups is 1. The van der Waals surface area contributed by atoms with Gasteiger partial charge in [0.25, 0.3) is 0 Å². The van der Waals surface area contributed by atoms with Crippen molar-refractivity contribution in [2.24, 2.45) is 4.99 Å². The fourth-order valence-corrected chi connectivity index (χ4v) is 0.542. The van der Waals surface area contributed by atoms with Crippen molar-refractivity contribution in [1.82, 2.24) is 4.90 Å². The molecule has 0 aliphatic heterocycles. The number of aliphatic imine (C=N–C) groups is 1. The maximum Gasteiger partial charge on any atom is 0.415 e. The van der Waals surface area contributed by atoms with E-state index in [2.05, 4.69) is 18.3 Å². The Labute approximate surface area is 78.9 Å². The van der Waals surface area contributed by atoms with E-state index >= 15 is 0 Å². The van der Waals surface area contributed by atoms with Crippen LogP contribution in [-0.4, -0.2) is 30.4 Å². The molecule has 74 valence electrons. The lowest BCUT2D eigenvalue weighted by molar-refractivity contribution is 0.0353. The van der Waals surface area contributed by atoms with Crippen LogP contribution in [-0.2, 0) is 4.74 Å². The monoisotopic (exact) mass is 184 g/mol. The summed E-state index contributed by atoms with van der Waals surface area (Å²) >= 11 is 0. The van der Waals surface area contributed by atoms with Gasteiger partial charge in [-0.3, -0.25) is 4.90 Å². The summed E-state index contributed by atoms with van der Waals surface area (Å²) < 4.78 is 5.06. The van der Waals surface area contributed by atoms with Crippen LogP contribution in [0.2, 0.25) is 0 Å². The second-order valence-electron chi connectivity index (χ2n) is 3.61. The predicted molar refractivity (Wildman–Crippen MR) is 52.7 cm³/mol. The first-order chi connectivity index (χ1) is 5.78. The van der Waals surface area contributed by atoms with Gasteiger partial charge in [-0.15, -0.1) is 0 Å². The Kier molecular flexibility index (Phi) is 3.66. The smallest absolute Gasteiger partial charge is 0.415 e. The Hall–Kier alpha value is -1.32. The third-order valence-electron chi connectivity index (χ3n) is 1.24. The minimum absolute atomic E-state index is 0.272. The Bertz CT molecular complexity index is 228. The Balaban J connectivity index is 4.28. The average Bonchev–Trinajstić information content (AvgIpc) is 1.98. The van der Waals surface area contributed by atoms with Gasteiger partial charge in [-0.2, -0.15) is 0 Å². The molecular formula is C9H16N2O2. The molecule has 0 rings (SSSR count). The van der Waals surface area contributed by atoms with Crippen LogP contribution in [0.15, 0.2) is 17.4 Å². The van der Waals surface area contributed by atoms with Crippen molar-refractivity contribution in [3.63, 3.8) is 0 Å². The Morgan fingerprint density at radius 2 is 1.92 bits per heavy atom. The van der Waals surface area contributed by atoms with Gasteiger partial charge in [-0.1, -0.05) is 6.58 Å². The molecule has 0 unspecified atom stereocenters. The average molecular weight is 184 g/mol. The summed E-state index contributed by atoms with van der Waals surface area (Å²) in [6.45, 7) is 12.2. The maximum absolute atomic E-state index is 11.3.